The summed E-state index contributed by atoms with van der Waals surface area (Å²) in [5, 5.41) is 0. The maximum atomic E-state index is 13.8. The summed E-state index contributed by atoms with van der Waals surface area (Å²) < 4.78 is 13.8. The predicted octanol–water partition coefficient (Wildman–Crippen LogP) is 2.86. The second-order valence-electron chi connectivity index (χ2n) is 7.00. The van der Waals surface area contributed by atoms with E-state index in [0.29, 0.717) is 16.7 Å². The number of carbonyl (C=O) groups is 4. The van der Waals surface area contributed by atoms with Crippen LogP contribution < -0.4 is 0 Å². The first-order valence-corrected chi connectivity index (χ1v) is 9.09. The second-order valence-corrected chi connectivity index (χ2v) is 7.00. The number of nitrogens with zero attached hydrogens (tertiary/aromatic N) is 2. The Kier molecular flexibility index (Phi) is 4.58. The molecule has 2 aromatic carbocycles. The Balaban J connectivity index is 1.56. The molecule has 0 aromatic heterocycles. The molecule has 0 spiro atoms. The number of benzene rings is 2. The van der Waals surface area contributed by atoms with E-state index >= 15 is 0 Å². The molecule has 0 bridgehead atoms. The highest BCUT2D eigenvalue weighted by Gasteiger charge is 2.39. The summed E-state index contributed by atoms with van der Waals surface area (Å²) in [6.07, 6.45) is 1.42. The normalized spacial score (nSPS) is 17.1. The van der Waals surface area contributed by atoms with Gasteiger partial charge in [0.05, 0.1) is 34.8 Å². The largest absolute Gasteiger partial charge is 0.270 e. The average molecular weight is 392 g/mol. The van der Waals surface area contributed by atoms with Gasteiger partial charge in [0.2, 0.25) is 0 Å². The van der Waals surface area contributed by atoms with Crippen LogP contribution in [0.5, 0.6) is 0 Å². The molecule has 1 atom stereocenters. The third-order valence-corrected chi connectivity index (χ3v) is 5.08. The van der Waals surface area contributed by atoms with E-state index in [4.69, 9.17) is 0 Å². The number of fused-ring (bicyclic) bond motifs is 2. The topological polar surface area (TPSA) is 74.8 Å². The molecule has 29 heavy (non-hydrogen) atoms. The van der Waals surface area contributed by atoms with Crippen LogP contribution in [-0.2, 0) is 0 Å². The van der Waals surface area contributed by atoms with Crippen LogP contribution in [0.25, 0.3) is 0 Å². The second kappa shape index (κ2) is 7.09. The van der Waals surface area contributed by atoms with Gasteiger partial charge in [0, 0.05) is 0 Å². The Morgan fingerprint density at radius 2 is 1.24 bits per heavy atom. The molecule has 1 unspecified atom stereocenters. The lowest BCUT2D eigenvalue weighted by Gasteiger charge is -2.22. The van der Waals surface area contributed by atoms with E-state index in [1.54, 1.807) is 43.3 Å². The first kappa shape index (κ1) is 18.7. The van der Waals surface area contributed by atoms with Crippen LogP contribution >= 0.6 is 0 Å². The lowest BCUT2D eigenvalue weighted by molar-refractivity contribution is 0.0588. The minimum absolute atomic E-state index is 0.0496. The Morgan fingerprint density at radius 3 is 1.66 bits per heavy atom. The van der Waals surface area contributed by atoms with Crippen molar-refractivity contribution < 1.29 is 23.6 Å². The molecular weight excluding hydrogens is 375 g/mol. The standard InChI is InChI=1S/C22H17FN2O4/c1-13(12-24-19(26)15-6-2-3-7-16(15)20(24)27)10-14(11-23)25-21(28)17-8-4-5-9-18(17)22(25)29/h2-10,14H,11-12H2,1H3/b13-10+. The van der Waals surface area contributed by atoms with E-state index < -0.39 is 36.3 Å². The number of hydrogen-bond acceptors (Lipinski definition) is 4. The highest BCUT2D eigenvalue weighted by Crippen LogP contribution is 2.27. The summed E-state index contributed by atoms with van der Waals surface area (Å²) in [5.41, 5.74) is 1.63. The lowest BCUT2D eigenvalue weighted by atomic mass is 10.1. The summed E-state index contributed by atoms with van der Waals surface area (Å²) >= 11 is 0. The van der Waals surface area contributed by atoms with E-state index in [-0.39, 0.29) is 17.7 Å². The highest BCUT2D eigenvalue weighted by molar-refractivity contribution is 6.22. The van der Waals surface area contributed by atoms with Gasteiger partial charge in [-0.2, -0.15) is 0 Å². The molecule has 0 fully saturated rings. The van der Waals surface area contributed by atoms with Crippen LogP contribution in [0.2, 0.25) is 0 Å². The Labute approximate surface area is 166 Å². The third-order valence-electron chi connectivity index (χ3n) is 5.08. The van der Waals surface area contributed by atoms with Crippen molar-refractivity contribution in [2.75, 3.05) is 13.2 Å². The molecule has 2 heterocycles. The molecule has 0 saturated carbocycles. The van der Waals surface area contributed by atoms with Crippen LogP contribution in [0, 0.1) is 0 Å². The van der Waals surface area contributed by atoms with E-state index in [2.05, 4.69) is 0 Å². The van der Waals surface area contributed by atoms with Gasteiger partial charge in [0.25, 0.3) is 23.6 Å². The van der Waals surface area contributed by atoms with Crippen LogP contribution in [-0.4, -0.2) is 52.7 Å². The fourth-order valence-electron chi connectivity index (χ4n) is 3.71. The van der Waals surface area contributed by atoms with Gasteiger partial charge < -0.3 is 0 Å². The Bertz CT molecular complexity index is 1020. The maximum absolute atomic E-state index is 13.8. The Hall–Kier alpha value is -3.61. The number of rotatable bonds is 5. The van der Waals surface area contributed by atoms with Crippen molar-refractivity contribution in [1.82, 2.24) is 9.80 Å². The molecule has 4 amide bonds. The van der Waals surface area contributed by atoms with Crippen molar-refractivity contribution in [2.45, 2.75) is 13.0 Å². The van der Waals surface area contributed by atoms with Crippen molar-refractivity contribution in [2.24, 2.45) is 0 Å². The number of carbonyl (C=O) groups excluding carboxylic acids is 4. The van der Waals surface area contributed by atoms with Crippen molar-refractivity contribution in [3.05, 3.63) is 82.4 Å². The molecule has 7 heteroatoms. The first-order chi connectivity index (χ1) is 13.9. The van der Waals surface area contributed by atoms with Gasteiger partial charge in [-0.15, -0.1) is 0 Å². The molecule has 6 nitrogen and oxygen atoms in total. The molecule has 4 rings (SSSR count). The van der Waals surface area contributed by atoms with Crippen LogP contribution in [0.1, 0.15) is 48.4 Å². The monoisotopic (exact) mass is 392 g/mol. The molecule has 2 aromatic rings. The SMILES string of the molecule is C/C(=C\C(CF)N1C(=O)c2ccccc2C1=O)CN1C(=O)c2ccccc2C1=O. The summed E-state index contributed by atoms with van der Waals surface area (Å²) in [6, 6.07) is 11.7. The zero-order chi connectivity index (χ0) is 20.7. The zero-order valence-corrected chi connectivity index (χ0v) is 15.6. The number of imide groups is 2. The highest BCUT2D eigenvalue weighted by atomic mass is 19.1. The van der Waals surface area contributed by atoms with Crippen LogP contribution in [0.4, 0.5) is 4.39 Å². The van der Waals surface area contributed by atoms with Gasteiger partial charge in [-0.05, 0) is 31.2 Å². The molecule has 0 radical (unpaired) electrons. The van der Waals surface area contributed by atoms with Gasteiger partial charge in [0.1, 0.15) is 6.67 Å². The van der Waals surface area contributed by atoms with Crippen molar-refractivity contribution >= 4 is 23.6 Å². The van der Waals surface area contributed by atoms with Gasteiger partial charge in [-0.25, -0.2) is 4.39 Å². The van der Waals surface area contributed by atoms with E-state index in [9.17, 15) is 23.6 Å². The molecule has 0 aliphatic carbocycles. The maximum Gasteiger partial charge on any atom is 0.262 e. The summed E-state index contributed by atoms with van der Waals surface area (Å²) in [6.45, 7) is 0.612. The number of hydrogen-bond donors (Lipinski definition) is 0. The van der Waals surface area contributed by atoms with Crippen molar-refractivity contribution in [3.63, 3.8) is 0 Å². The molecular formula is C22H17FN2O4. The minimum atomic E-state index is -1.11. The summed E-state index contributed by atoms with van der Waals surface area (Å²) in [7, 11) is 0. The number of alkyl halides is 1. The van der Waals surface area contributed by atoms with Crippen LogP contribution in [0.15, 0.2) is 60.2 Å². The average Bonchev–Trinajstić information content (AvgIpc) is 3.13. The van der Waals surface area contributed by atoms with Gasteiger partial charge in [-0.3, -0.25) is 29.0 Å². The van der Waals surface area contributed by atoms with Crippen molar-refractivity contribution in [3.8, 4) is 0 Å². The molecule has 0 N–H and O–H groups in total. The summed E-state index contributed by atoms with van der Waals surface area (Å²) in [5.74, 6) is -1.96. The van der Waals surface area contributed by atoms with Gasteiger partial charge in [-0.1, -0.05) is 35.9 Å². The molecule has 2 aliphatic heterocycles. The fraction of sp³-hybridized carbons (Fsp3) is 0.182. The van der Waals surface area contributed by atoms with Gasteiger partial charge in [0.15, 0.2) is 0 Å². The predicted molar refractivity (Wildman–Crippen MR) is 102 cm³/mol. The minimum Gasteiger partial charge on any atom is -0.270 e. The van der Waals surface area contributed by atoms with Gasteiger partial charge >= 0.3 is 0 Å². The quantitative estimate of drug-likeness (QED) is 0.579. The fourth-order valence-corrected chi connectivity index (χ4v) is 3.71. The van der Waals surface area contributed by atoms with E-state index in [1.165, 1.54) is 18.2 Å². The molecule has 2 aliphatic rings. The lowest BCUT2D eigenvalue weighted by Crippen LogP contribution is -2.40. The zero-order valence-electron chi connectivity index (χ0n) is 15.6. The van der Waals surface area contributed by atoms with E-state index in [1.807, 2.05) is 0 Å². The Morgan fingerprint density at radius 1 is 0.828 bits per heavy atom. The smallest absolute Gasteiger partial charge is 0.262 e. The third kappa shape index (κ3) is 2.95. The van der Waals surface area contributed by atoms with Crippen molar-refractivity contribution in [1.29, 1.82) is 0 Å². The molecule has 146 valence electrons. The first-order valence-electron chi connectivity index (χ1n) is 9.09. The molecule has 0 saturated heterocycles. The van der Waals surface area contributed by atoms with E-state index in [0.717, 1.165) is 9.80 Å². The number of amides is 4. The number of halogens is 1. The summed E-state index contributed by atoms with van der Waals surface area (Å²) in [4.78, 5) is 52.1. The van der Waals surface area contributed by atoms with Crippen LogP contribution in [0.3, 0.4) is 0 Å².